The van der Waals surface area contributed by atoms with E-state index in [4.69, 9.17) is 9.84 Å². The first-order chi connectivity index (χ1) is 21.1. The maximum absolute atomic E-state index is 12.6. The van der Waals surface area contributed by atoms with Gasteiger partial charge in [0.15, 0.2) is 0 Å². The van der Waals surface area contributed by atoms with Crippen LogP contribution in [0.15, 0.2) is 0 Å². The first kappa shape index (κ1) is 41.9. The molecule has 0 bridgehead atoms. The molecule has 1 unspecified atom stereocenters. The van der Waals surface area contributed by atoms with Gasteiger partial charge in [0.25, 0.3) is 0 Å². The van der Waals surface area contributed by atoms with Crippen molar-refractivity contribution in [3.8, 4) is 0 Å². The lowest BCUT2D eigenvalue weighted by Gasteiger charge is -2.18. The molecule has 0 radical (unpaired) electrons. The minimum atomic E-state index is -0.672. The standard InChI is InChI=1S/C39H76O4/c1-3-5-7-9-11-12-13-14-15-16-21-24-28-32-36-39(42)43-37(33-29-25-10-8-6-4-2)34-30-26-22-19-17-18-20-23-27-31-35-38(40)41/h37H,3-36H2,1-2H3,(H,40,41). The van der Waals surface area contributed by atoms with E-state index in [1.165, 1.54) is 161 Å². The summed E-state index contributed by atoms with van der Waals surface area (Å²) in [6, 6.07) is 0. The number of esters is 1. The predicted octanol–water partition coefficient (Wildman–Crippen LogP) is 13.3. The molecule has 1 N–H and O–H groups in total. The molecule has 4 nitrogen and oxygen atoms in total. The molecular weight excluding hydrogens is 532 g/mol. The molecule has 256 valence electrons. The van der Waals surface area contributed by atoms with Gasteiger partial charge in [-0.2, -0.15) is 0 Å². The number of carbonyl (C=O) groups excluding carboxylic acids is 1. The van der Waals surface area contributed by atoms with Crippen LogP contribution < -0.4 is 0 Å². The highest BCUT2D eigenvalue weighted by Crippen LogP contribution is 2.19. The van der Waals surface area contributed by atoms with Gasteiger partial charge >= 0.3 is 11.9 Å². The SMILES string of the molecule is CCCCCCCCCCCCCCCCC(=O)OC(CCCCCCCC)CCCCCCCCCCCCC(=O)O. The van der Waals surface area contributed by atoms with Gasteiger partial charge in [-0.25, -0.2) is 0 Å². The van der Waals surface area contributed by atoms with Gasteiger partial charge in [0.1, 0.15) is 6.10 Å². The summed E-state index contributed by atoms with van der Waals surface area (Å²) >= 11 is 0. The first-order valence-corrected chi connectivity index (χ1v) is 19.5. The van der Waals surface area contributed by atoms with E-state index >= 15 is 0 Å². The van der Waals surface area contributed by atoms with Crippen molar-refractivity contribution in [1.29, 1.82) is 0 Å². The summed E-state index contributed by atoms with van der Waals surface area (Å²) in [5.41, 5.74) is 0. The van der Waals surface area contributed by atoms with E-state index in [0.717, 1.165) is 44.9 Å². The van der Waals surface area contributed by atoms with Gasteiger partial charge in [-0.3, -0.25) is 9.59 Å². The number of carboxylic acids is 1. The summed E-state index contributed by atoms with van der Waals surface area (Å²) in [6.07, 6.45) is 41.3. The normalized spacial score (nSPS) is 12.0. The van der Waals surface area contributed by atoms with Crippen molar-refractivity contribution >= 4 is 11.9 Å². The number of rotatable bonds is 36. The molecule has 0 aromatic carbocycles. The molecular formula is C39H76O4. The minimum Gasteiger partial charge on any atom is -0.481 e. The van der Waals surface area contributed by atoms with Crippen molar-refractivity contribution in [2.75, 3.05) is 0 Å². The average Bonchev–Trinajstić information content (AvgIpc) is 2.99. The largest absolute Gasteiger partial charge is 0.481 e. The van der Waals surface area contributed by atoms with Gasteiger partial charge in [-0.05, 0) is 38.5 Å². The molecule has 0 rings (SSSR count). The highest BCUT2D eigenvalue weighted by Gasteiger charge is 2.14. The van der Waals surface area contributed by atoms with Crippen LogP contribution in [0.2, 0.25) is 0 Å². The predicted molar refractivity (Wildman–Crippen MR) is 186 cm³/mol. The number of carboxylic acid groups (broad SMARTS) is 1. The second-order valence-corrected chi connectivity index (χ2v) is 13.5. The first-order valence-electron chi connectivity index (χ1n) is 19.5. The molecule has 0 heterocycles. The van der Waals surface area contributed by atoms with Gasteiger partial charge in [-0.1, -0.05) is 181 Å². The Morgan fingerprint density at radius 2 is 0.698 bits per heavy atom. The van der Waals surface area contributed by atoms with Gasteiger partial charge in [0, 0.05) is 12.8 Å². The van der Waals surface area contributed by atoms with Crippen LogP contribution in [-0.2, 0) is 14.3 Å². The topological polar surface area (TPSA) is 63.6 Å². The van der Waals surface area contributed by atoms with Gasteiger partial charge in [-0.15, -0.1) is 0 Å². The Morgan fingerprint density at radius 3 is 1.02 bits per heavy atom. The third-order valence-corrected chi connectivity index (χ3v) is 9.08. The van der Waals surface area contributed by atoms with E-state index in [-0.39, 0.29) is 12.1 Å². The van der Waals surface area contributed by atoms with Crippen LogP contribution in [0.3, 0.4) is 0 Å². The van der Waals surface area contributed by atoms with Crippen molar-refractivity contribution in [2.45, 2.75) is 238 Å². The van der Waals surface area contributed by atoms with Crippen molar-refractivity contribution in [1.82, 2.24) is 0 Å². The Kier molecular flexibility index (Phi) is 34.5. The van der Waals surface area contributed by atoms with Gasteiger partial charge in [0.2, 0.25) is 0 Å². The van der Waals surface area contributed by atoms with Crippen LogP contribution in [0.5, 0.6) is 0 Å². The molecule has 0 aliphatic rings. The summed E-state index contributed by atoms with van der Waals surface area (Å²) in [7, 11) is 0. The number of ether oxygens (including phenoxy) is 1. The number of carbonyl (C=O) groups is 2. The Labute approximate surface area is 269 Å². The number of hydrogen-bond donors (Lipinski definition) is 1. The Morgan fingerprint density at radius 1 is 0.419 bits per heavy atom. The molecule has 0 spiro atoms. The van der Waals surface area contributed by atoms with E-state index < -0.39 is 5.97 Å². The third kappa shape index (κ3) is 35.3. The summed E-state index contributed by atoms with van der Waals surface area (Å²) in [6.45, 7) is 4.55. The smallest absolute Gasteiger partial charge is 0.306 e. The van der Waals surface area contributed by atoms with Gasteiger partial charge < -0.3 is 9.84 Å². The highest BCUT2D eigenvalue weighted by atomic mass is 16.5. The molecule has 1 atom stereocenters. The van der Waals surface area contributed by atoms with Crippen molar-refractivity contribution in [3.63, 3.8) is 0 Å². The zero-order valence-corrected chi connectivity index (χ0v) is 29.3. The molecule has 0 aliphatic heterocycles. The average molecular weight is 609 g/mol. The molecule has 43 heavy (non-hydrogen) atoms. The molecule has 4 heteroatoms. The second kappa shape index (κ2) is 35.4. The monoisotopic (exact) mass is 609 g/mol. The van der Waals surface area contributed by atoms with Crippen LogP contribution in [0.25, 0.3) is 0 Å². The molecule has 0 amide bonds. The van der Waals surface area contributed by atoms with E-state index in [9.17, 15) is 9.59 Å². The number of aliphatic carboxylic acids is 1. The molecule has 0 saturated carbocycles. The zero-order valence-electron chi connectivity index (χ0n) is 29.3. The third-order valence-electron chi connectivity index (χ3n) is 9.08. The van der Waals surface area contributed by atoms with Crippen LogP contribution in [0.1, 0.15) is 232 Å². The Hall–Kier alpha value is -1.06. The Bertz CT molecular complexity index is 576. The van der Waals surface area contributed by atoms with Gasteiger partial charge in [0.05, 0.1) is 0 Å². The number of unbranched alkanes of at least 4 members (excludes halogenated alkanes) is 27. The van der Waals surface area contributed by atoms with Crippen LogP contribution in [-0.4, -0.2) is 23.1 Å². The fourth-order valence-electron chi connectivity index (χ4n) is 6.19. The summed E-state index contributed by atoms with van der Waals surface area (Å²) in [5.74, 6) is -0.632. The molecule has 0 aromatic heterocycles. The zero-order chi connectivity index (χ0) is 31.5. The molecule has 0 aliphatic carbocycles. The van der Waals surface area contributed by atoms with Crippen molar-refractivity contribution in [2.24, 2.45) is 0 Å². The Balaban J connectivity index is 3.90. The molecule has 0 saturated heterocycles. The maximum Gasteiger partial charge on any atom is 0.306 e. The molecule has 0 aromatic rings. The fourth-order valence-corrected chi connectivity index (χ4v) is 6.19. The van der Waals surface area contributed by atoms with Crippen molar-refractivity contribution in [3.05, 3.63) is 0 Å². The summed E-state index contributed by atoms with van der Waals surface area (Å²) in [5, 5.41) is 8.70. The van der Waals surface area contributed by atoms with Crippen LogP contribution >= 0.6 is 0 Å². The maximum atomic E-state index is 12.6. The quantitative estimate of drug-likeness (QED) is 0.0567. The lowest BCUT2D eigenvalue weighted by atomic mass is 10.0. The van der Waals surface area contributed by atoms with E-state index in [2.05, 4.69) is 13.8 Å². The highest BCUT2D eigenvalue weighted by molar-refractivity contribution is 5.69. The lowest BCUT2D eigenvalue weighted by Crippen LogP contribution is -2.18. The van der Waals surface area contributed by atoms with Crippen molar-refractivity contribution < 1.29 is 19.4 Å². The van der Waals surface area contributed by atoms with E-state index in [0.29, 0.717) is 12.8 Å². The number of hydrogen-bond acceptors (Lipinski definition) is 3. The second-order valence-electron chi connectivity index (χ2n) is 13.5. The summed E-state index contributed by atoms with van der Waals surface area (Å²) < 4.78 is 6.02. The van der Waals surface area contributed by atoms with E-state index in [1.54, 1.807) is 0 Å². The van der Waals surface area contributed by atoms with Crippen LogP contribution in [0.4, 0.5) is 0 Å². The lowest BCUT2D eigenvalue weighted by molar-refractivity contribution is -0.150. The van der Waals surface area contributed by atoms with Crippen LogP contribution in [0, 0.1) is 0 Å². The minimum absolute atomic E-state index is 0.0401. The van der Waals surface area contributed by atoms with E-state index in [1.807, 2.05) is 0 Å². The molecule has 0 fully saturated rings. The summed E-state index contributed by atoms with van der Waals surface area (Å²) in [4.78, 5) is 23.2. The fraction of sp³-hybridized carbons (Fsp3) is 0.949.